The minimum Gasteiger partial charge on any atom is -0.343 e. The molecule has 1 aliphatic heterocycles. The van der Waals surface area contributed by atoms with Crippen LogP contribution in [0.15, 0.2) is 24.5 Å². The Balaban J connectivity index is 1.53. The molecule has 124 valence electrons. The van der Waals surface area contributed by atoms with Crippen molar-refractivity contribution in [2.45, 2.75) is 45.1 Å². The lowest BCUT2D eigenvalue weighted by Crippen LogP contribution is -2.39. The zero-order chi connectivity index (χ0) is 16.4. The molecule has 1 saturated heterocycles. The number of likely N-dealkylation sites (tertiary alicyclic amines) is 1. The highest BCUT2D eigenvalue weighted by molar-refractivity contribution is 5.76. The summed E-state index contributed by atoms with van der Waals surface area (Å²) in [5.74, 6) is 0.742. The third-order valence-electron chi connectivity index (χ3n) is 4.79. The Hall–Kier alpha value is -2.11. The molecule has 1 amide bonds. The molecule has 6 heteroatoms. The molecular formula is C17H25N5O. The van der Waals surface area contributed by atoms with Gasteiger partial charge < -0.3 is 4.90 Å². The zero-order valence-electron chi connectivity index (χ0n) is 14.1. The molecule has 1 fully saturated rings. The Kier molecular flexibility index (Phi) is 4.50. The van der Waals surface area contributed by atoms with E-state index >= 15 is 0 Å². The first-order valence-electron chi connectivity index (χ1n) is 8.32. The van der Waals surface area contributed by atoms with Crippen LogP contribution in [0.1, 0.15) is 49.5 Å². The number of amides is 1. The Morgan fingerprint density at radius 2 is 2.09 bits per heavy atom. The Morgan fingerprint density at radius 3 is 2.65 bits per heavy atom. The van der Waals surface area contributed by atoms with Gasteiger partial charge in [0.1, 0.15) is 0 Å². The molecule has 2 aromatic heterocycles. The molecule has 0 radical (unpaired) electrons. The monoisotopic (exact) mass is 315 g/mol. The van der Waals surface area contributed by atoms with Crippen LogP contribution in [0.5, 0.6) is 0 Å². The lowest BCUT2D eigenvalue weighted by molar-refractivity contribution is -0.133. The molecule has 0 aliphatic carbocycles. The third-order valence-corrected chi connectivity index (χ3v) is 4.79. The largest absolute Gasteiger partial charge is 0.343 e. The summed E-state index contributed by atoms with van der Waals surface area (Å²) in [5.41, 5.74) is 2.26. The van der Waals surface area contributed by atoms with Gasteiger partial charge in [-0.2, -0.15) is 10.2 Å². The molecule has 6 nitrogen and oxygen atoms in total. The number of aromatic nitrogens is 4. The van der Waals surface area contributed by atoms with E-state index < -0.39 is 0 Å². The van der Waals surface area contributed by atoms with Crippen molar-refractivity contribution >= 4 is 5.91 Å². The molecule has 3 heterocycles. The van der Waals surface area contributed by atoms with E-state index in [9.17, 15) is 4.79 Å². The fraction of sp³-hybridized carbons (Fsp3) is 0.588. The van der Waals surface area contributed by atoms with Crippen LogP contribution in [0.4, 0.5) is 0 Å². The van der Waals surface area contributed by atoms with E-state index in [0.29, 0.717) is 12.3 Å². The van der Waals surface area contributed by atoms with Crippen molar-refractivity contribution in [1.29, 1.82) is 0 Å². The van der Waals surface area contributed by atoms with Gasteiger partial charge in [0.2, 0.25) is 5.91 Å². The SMILES string of the molecule is Cc1ccn(C(C)CC(=O)N2CCC(c3ccnn3C)CC2)n1. The van der Waals surface area contributed by atoms with E-state index in [2.05, 4.69) is 16.3 Å². The van der Waals surface area contributed by atoms with E-state index in [1.165, 1.54) is 5.69 Å². The van der Waals surface area contributed by atoms with Gasteiger partial charge in [0, 0.05) is 50.6 Å². The van der Waals surface area contributed by atoms with Crippen LogP contribution in [-0.2, 0) is 11.8 Å². The molecule has 3 rings (SSSR count). The van der Waals surface area contributed by atoms with Crippen LogP contribution in [-0.4, -0.2) is 43.5 Å². The second-order valence-electron chi connectivity index (χ2n) is 6.53. The summed E-state index contributed by atoms with van der Waals surface area (Å²) in [4.78, 5) is 14.5. The maximum absolute atomic E-state index is 12.5. The maximum atomic E-state index is 12.5. The molecule has 23 heavy (non-hydrogen) atoms. The van der Waals surface area contributed by atoms with Crippen LogP contribution in [0.2, 0.25) is 0 Å². The van der Waals surface area contributed by atoms with Gasteiger partial charge in [0.25, 0.3) is 0 Å². The molecule has 0 saturated carbocycles. The summed E-state index contributed by atoms with van der Waals surface area (Å²) < 4.78 is 3.83. The second kappa shape index (κ2) is 6.56. The number of carbonyl (C=O) groups excluding carboxylic acids is 1. The predicted octanol–water partition coefficient (Wildman–Crippen LogP) is 2.28. The Labute approximate surface area is 137 Å². The lowest BCUT2D eigenvalue weighted by Gasteiger charge is -2.32. The third kappa shape index (κ3) is 3.46. The number of hydrogen-bond donors (Lipinski definition) is 0. The van der Waals surface area contributed by atoms with Gasteiger partial charge >= 0.3 is 0 Å². The standard InChI is InChI=1S/C17H25N5O/c1-13-5-11-22(19-13)14(2)12-17(23)21-9-6-15(7-10-21)16-4-8-18-20(16)3/h4-5,8,11,14-15H,6-7,9-10,12H2,1-3H3. The average Bonchev–Trinajstić information content (AvgIpc) is 3.16. The van der Waals surface area contributed by atoms with Crippen LogP contribution in [0.3, 0.4) is 0 Å². The number of piperidine rings is 1. The number of hydrogen-bond acceptors (Lipinski definition) is 3. The van der Waals surface area contributed by atoms with Crippen molar-refractivity contribution in [1.82, 2.24) is 24.5 Å². The van der Waals surface area contributed by atoms with E-state index in [1.54, 1.807) is 0 Å². The topological polar surface area (TPSA) is 56.0 Å². The van der Waals surface area contributed by atoms with Crippen molar-refractivity contribution in [3.8, 4) is 0 Å². The summed E-state index contributed by atoms with van der Waals surface area (Å²) in [5, 5.41) is 8.65. The Bertz CT molecular complexity index is 666. The van der Waals surface area contributed by atoms with Crippen molar-refractivity contribution in [3.05, 3.63) is 35.9 Å². The fourth-order valence-corrected chi connectivity index (χ4v) is 3.36. The molecule has 1 atom stereocenters. The first kappa shape index (κ1) is 15.8. The predicted molar refractivity (Wildman–Crippen MR) is 88.1 cm³/mol. The molecule has 2 aromatic rings. The van der Waals surface area contributed by atoms with Crippen LogP contribution in [0, 0.1) is 6.92 Å². The molecule has 0 bridgehead atoms. The highest BCUT2D eigenvalue weighted by Gasteiger charge is 2.26. The highest BCUT2D eigenvalue weighted by atomic mass is 16.2. The first-order valence-corrected chi connectivity index (χ1v) is 8.32. The smallest absolute Gasteiger partial charge is 0.224 e. The van der Waals surface area contributed by atoms with Gasteiger partial charge in [0.15, 0.2) is 0 Å². The van der Waals surface area contributed by atoms with Crippen molar-refractivity contribution in [3.63, 3.8) is 0 Å². The molecule has 0 N–H and O–H groups in total. The summed E-state index contributed by atoms with van der Waals surface area (Å²) in [6.45, 7) is 5.68. The molecule has 1 aliphatic rings. The lowest BCUT2D eigenvalue weighted by atomic mass is 9.93. The minimum atomic E-state index is 0.103. The van der Waals surface area contributed by atoms with Gasteiger partial charge in [-0.25, -0.2) is 0 Å². The van der Waals surface area contributed by atoms with Gasteiger partial charge in [-0.3, -0.25) is 14.2 Å². The molecule has 0 spiro atoms. The number of carbonyl (C=O) groups is 1. The zero-order valence-corrected chi connectivity index (χ0v) is 14.1. The maximum Gasteiger partial charge on any atom is 0.224 e. The highest BCUT2D eigenvalue weighted by Crippen LogP contribution is 2.28. The van der Waals surface area contributed by atoms with Crippen LogP contribution >= 0.6 is 0 Å². The first-order chi connectivity index (χ1) is 11.0. The average molecular weight is 315 g/mol. The normalized spacial score (nSPS) is 17.4. The van der Waals surface area contributed by atoms with Crippen molar-refractivity contribution < 1.29 is 4.79 Å². The van der Waals surface area contributed by atoms with Gasteiger partial charge in [0.05, 0.1) is 11.7 Å². The van der Waals surface area contributed by atoms with E-state index in [1.807, 2.05) is 53.6 Å². The van der Waals surface area contributed by atoms with Crippen molar-refractivity contribution in [2.75, 3.05) is 13.1 Å². The summed E-state index contributed by atoms with van der Waals surface area (Å²) in [6.07, 6.45) is 6.33. The van der Waals surface area contributed by atoms with Gasteiger partial charge in [-0.15, -0.1) is 0 Å². The van der Waals surface area contributed by atoms with E-state index in [0.717, 1.165) is 31.6 Å². The van der Waals surface area contributed by atoms with Crippen molar-refractivity contribution in [2.24, 2.45) is 7.05 Å². The quantitative estimate of drug-likeness (QED) is 0.870. The van der Waals surface area contributed by atoms with E-state index in [4.69, 9.17) is 0 Å². The number of rotatable bonds is 4. The van der Waals surface area contributed by atoms with Crippen LogP contribution in [0.25, 0.3) is 0 Å². The molecule has 1 unspecified atom stereocenters. The minimum absolute atomic E-state index is 0.103. The fourth-order valence-electron chi connectivity index (χ4n) is 3.36. The Morgan fingerprint density at radius 1 is 1.35 bits per heavy atom. The molecular weight excluding hydrogens is 290 g/mol. The van der Waals surface area contributed by atoms with Crippen LogP contribution < -0.4 is 0 Å². The van der Waals surface area contributed by atoms with Gasteiger partial charge in [-0.1, -0.05) is 0 Å². The summed E-state index contributed by atoms with van der Waals surface area (Å²) in [7, 11) is 1.99. The molecule has 0 aromatic carbocycles. The number of nitrogens with zero attached hydrogens (tertiary/aromatic N) is 5. The number of aryl methyl sites for hydroxylation is 2. The second-order valence-corrected chi connectivity index (χ2v) is 6.53. The summed E-state index contributed by atoms with van der Waals surface area (Å²) in [6, 6.07) is 4.16. The van der Waals surface area contributed by atoms with E-state index in [-0.39, 0.29) is 11.9 Å². The summed E-state index contributed by atoms with van der Waals surface area (Å²) >= 11 is 0. The van der Waals surface area contributed by atoms with Gasteiger partial charge in [-0.05, 0) is 38.8 Å².